The quantitative estimate of drug-likeness (QED) is 0.673. The second-order valence-corrected chi connectivity index (χ2v) is 4.63. The van der Waals surface area contributed by atoms with Gasteiger partial charge in [-0.05, 0) is 24.6 Å². The van der Waals surface area contributed by atoms with Crippen LogP contribution in [0, 0.1) is 15.9 Å². The van der Waals surface area contributed by atoms with Gasteiger partial charge in [0.2, 0.25) is 5.82 Å². The van der Waals surface area contributed by atoms with E-state index in [0.717, 1.165) is 12.5 Å². The molecule has 0 bridgehead atoms. The number of halogens is 2. The lowest BCUT2D eigenvalue weighted by molar-refractivity contribution is -0.383. The SMILES string of the molecule is CCCNc1ncnc(-c2ccc(F)cc2Cl)c1[N+](=O)[O-]. The van der Waals surface area contributed by atoms with Gasteiger partial charge in [0.15, 0.2) is 5.69 Å². The van der Waals surface area contributed by atoms with Crippen LogP contribution in [0.5, 0.6) is 0 Å². The Kier molecular flexibility index (Phi) is 4.64. The van der Waals surface area contributed by atoms with E-state index in [-0.39, 0.29) is 27.8 Å². The molecule has 1 aromatic carbocycles. The van der Waals surface area contributed by atoms with Crippen molar-refractivity contribution < 1.29 is 9.31 Å². The highest BCUT2D eigenvalue weighted by atomic mass is 35.5. The molecule has 2 aromatic rings. The molecule has 0 atom stereocenters. The van der Waals surface area contributed by atoms with Crippen molar-refractivity contribution in [3.8, 4) is 11.3 Å². The standard InChI is InChI=1S/C13H12ClFN4O2/c1-2-5-16-13-12(19(20)21)11(17-7-18-13)9-4-3-8(15)6-10(9)14/h3-4,6-7H,2,5H2,1H3,(H,16,17,18). The number of nitro groups is 1. The predicted molar refractivity (Wildman–Crippen MR) is 77.9 cm³/mol. The van der Waals surface area contributed by atoms with Gasteiger partial charge in [-0.1, -0.05) is 18.5 Å². The summed E-state index contributed by atoms with van der Waals surface area (Å²) in [5.41, 5.74) is 0.0600. The first-order valence-corrected chi connectivity index (χ1v) is 6.61. The molecular formula is C13H12ClFN4O2. The van der Waals surface area contributed by atoms with Crippen LogP contribution >= 0.6 is 11.6 Å². The largest absolute Gasteiger partial charge is 0.364 e. The Morgan fingerprint density at radius 1 is 1.43 bits per heavy atom. The molecule has 0 aliphatic heterocycles. The van der Waals surface area contributed by atoms with Crippen molar-refractivity contribution in [3.05, 3.63) is 45.5 Å². The van der Waals surface area contributed by atoms with E-state index in [4.69, 9.17) is 11.6 Å². The van der Waals surface area contributed by atoms with E-state index >= 15 is 0 Å². The second-order valence-electron chi connectivity index (χ2n) is 4.23. The van der Waals surface area contributed by atoms with Crippen LogP contribution in [0.4, 0.5) is 15.9 Å². The summed E-state index contributed by atoms with van der Waals surface area (Å²) in [4.78, 5) is 18.6. The molecule has 0 unspecified atom stereocenters. The van der Waals surface area contributed by atoms with E-state index in [1.807, 2.05) is 6.92 Å². The molecule has 0 spiro atoms. The van der Waals surface area contributed by atoms with Crippen LogP contribution in [0.1, 0.15) is 13.3 Å². The molecule has 21 heavy (non-hydrogen) atoms. The van der Waals surface area contributed by atoms with Gasteiger partial charge in [-0.2, -0.15) is 0 Å². The Balaban J connectivity index is 2.59. The summed E-state index contributed by atoms with van der Waals surface area (Å²) >= 11 is 5.95. The molecule has 8 heteroatoms. The summed E-state index contributed by atoms with van der Waals surface area (Å²) in [7, 11) is 0. The van der Waals surface area contributed by atoms with Crippen molar-refractivity contribution in [3.63, 3.8) is 0 Å². The van der Waals surface area contributed by atoms with Gasteiger partial charge in [0.1, 0.15) is 12.1 Å². The molecule has 6 nitrogen and oxygen atoms in total. The Hall–Kier alpha value is -2.28. The monoisotopic (exact) mass is 310 g/mol. The van der Waals surface area contributed by atoms with E-state index in [1.54, 1.807) is 0 Å². The van der Waals surface area contributed by atoms with E-state index in [2.05, 4.69) is 15.3 Å². The number of rotatable bonds is 5. The minimum atomic E-state index is -0.576. The predicted octanol–water partition coefficient (Wildman–Crippen LogP) is 3.67. The number of hydrogen-bond donors (Lipinski definition) is 1. The van der Waals surface area contributed by atoms with Crippen LogP contribution in [-0.2, 0) is 0 Å². The highest BCUT2D eigenvalue weighted by molar-refractivity contribution is 6.33. The highest BCUT2D eigenvalue weighted by Crippen LogP contribution is 2.36. The summed E-state index contributed by atoms with van der Waals surface area (Å²) in [6.45, 7) is 2.46. The number of benzene rings is 1. The van der Waals surface area contributed by atoms with Gasteiger partial charge in [0, 0.05) is 12.1 Å². The molecule has 0 saturated carbocycles. The van der Waals surface area contributed by atoms with Crippen LogP contribution < -0.4 is 5.32 Å². The third kappa shape index (κ3) is 3.25. The van der Waals surface area contributed by atoms with E-state index < -0.39 is 10.7 Å². The fraction of sp³-hybridized carbons (Fsp3) is 0.231. The summed E-state index contributed by atoms with van der Waals surface area (Å²) in [6.07, 6.45) is 1.99. The van der Waals surface area contributed by atoms with Crippen molar-refractivity contribution >= 4 is 23.1 Å². The molecule has 0 saturated heterocycles. The Bertz CT molecular complexity index is 681. The van der Waals surface area contributed by atoms with Crippen molar-refractivity contribution in [2.45, 2.75) is 13.3 Å². The fourth-order valence-electron chi connectivity index (χ4n) is 1.80. The Morgan fingerprint density at radius 3 is 2.81 bits per heavy atom. The first-order valence-electron chi connectivity index (χ1n) is 6.23. The zero-order valence-electron chi connectivity index (χ0n) is 11.1. The Morgan fingerprint density at radius 2 is 2.19 bits per heavy atom. The van der Waals surface area contributed by atoms with Crippen LogP contribution in [0.25, 0.3) is 11.3 Å². The number of nitrogens with one attached hydrogen (secondary N) is 1. The lowest BCUT2D eigenvalue weighted by Gasteiger charge is -2.09. The van der Waals surface area contributed by atoms with E-state index in [9.17, 15) is 14.5 Å². The molecule has 0 fully saturated rings. The molecule has 0 aliphatic rings. The molecule has 1 N–H and O–H groups in total. The van der Waals surface area contributed by atoms with Crippen molar-refractivity contribution in [2.24, 2.45) is 0 Å². The minimum absolute atomic E-state index is 0.0539. The lowest BCUT2D eigenvalue weighted by Crippen LogP contribution is -2.07. The summed E-state index contributed by atoms with van der Waals surface area (Å²) in [5, 5.41) is 14.3. The van der Waals surface area contributed by atoms with Gasteiger partial charge in [-0.25, -0.2) is 14.4 Å². The van der Waals surface area contributed by atoms with Gasteiger partial charge in [-0.3, -0.25) is 10.1 Å². The molecule has 110 valence electrons. The van der Waals surface area contributed by atoms with Crippen LogP contribution in [0.3, 0.4) is 0 Å². The Labute approximate surface area is 125 Å². The smallest absolute Gasteiger partial charge is 0.337 e. The highest BCUT2D eigenvalue weighted by Gasteiger charge is 2.25. The minimum Gasteiger partial charge on any atom is -0.364 e. The first kappa shape index (κ1) is 15.1. The maximum absolute atomic E-state index is 13.1. The molecule has 1 heterocycles. The molecule has 0 amide bonds. The zero-order valence-corrected chi connectivity index (χ0v) is 11.9. The maximum atomic E-state index is 13.1. The number of anilines is 1. The number of nitrogens with zero attached hydrogens (tertiary/aromatic N) is 3. The summed E-state index contributed by atoms with van der Waals surface area (Å²) in [5.74, 6) is -0.406. The number of hydrogen-bond acceptors (Lipinski definition) is 5. The molecule has 1 aromatic heterocycles. The average Bonchev–Trinajstić information content (AvgIpc) is 2.44. The molecule has 2 rings (SSSR count). The van der Waals surface area contributed by atoms with Crippen molar-refractivity contribution in [1.29, 1.82) is 0 Å². The van der Waals surface area contributed by atoms with Gasteiger partial charge < -0.3 is 5.32 Å². The number of aromatic nitrogens is 2. The van der Waals surface area contributed by atoms with E-state index in [0.29, 0.717) is 6.54 Å². The summed E-state index contributed by atoms with van der Waals surface area (Å²) < 4.78 is 13.1. The zero-order chi connectivity index (χ0) is 15.4. The maximum Gasteiger partial charge on any atom is 0.337 e. The van der Waals surface area contributed by atoms with E-state index in [1.165, 1.54) is 18.5 Å². The third-order valence-electron chi connectivity index (χ3n) is 2.73. The molecular weight excluding hydrogens is 299 g/mol. The van der Waals surface area contributed by atoms with Crippen LogP contribution in [0.2, 0.25) is 5.02 Å². The van der Waals surface area contributed by atoms with Gasteiger partial charge in [0.25, 0.3) is 0 Å². The van der Waals surface area contributed by atoms with Gasteiger partial charge in [-0.15, -0.1) is 0 Å². The van der Waals surface area contributed by atoms with Crippen LogP contribution in [0.15, 0.2) is 24.5 Å². The first-order chi connectivity index (χ1) is 10.0. The van der Waals surface area contributed by atoms with Gasteiger partial charge >= 0.3 is 5.69 Å². The molecule has 0 radical (unpaired) electrons. The molecule has 0 aliphatic carbocycles. The normalized spacial score (nSPS) is 10.4. The third-order valence-corrected chi connectivity index (χ3v) is 3.05. The lowest BCUT2D eigenvalue weighted by atomic mass is 10.1. The fourth-order valence-corrected chi connectivity index (χ4v) is 2.06. The van der Waals surface area contributed by atoms with Crippen molar-refractivity contribution in [1.82, 2.24) is 9.97 Å². The topological polar surface area (TPSA) is 81.0 Å². The summed E-state index contributed by atoms with van der Waals surface area (Å²) in [6, 6.07) is 3.62. The average molecular weight is 311 g/mol. The second kappa shape index (κ2) is 6.45. The van der Waals surface area contributed by atoms with Crippen molar-refractivity contribution in [2.75, 3.05) is 11.9 Å². The van der Waals surface area contributed by atoms with Gasteiger partial charge in [0.05, 0.1) is 9.95 Å². The van der Waals surface area contributed by atoms with Crippen LogP contribution in [-0.4, -0.2) is 21.4 Å².